The summed E-state index contributed by atoms with van der Waals surface area (Å²) in [7, 11) is 0. The lowest BCUT2D eigenvalue weighted by Crippen LogP contribution is -2.06. The fourth-order valence-electron chi connectivity index (χ4n) is 2.16. The van der Waals surface area contributed by atoms with Gasteiger partial charge in [-0.2, -0.15) is 0 Å². The van der Waals surface area contributed by atoms with Crippen molar-refractivity contribution in [3.8, 4) is 5.75 Å². The molecule has 0 spiro atoms. The van der Waals surface area contributed by atoms with Crippen LogP contribution in [-0.2, 0) is 0 Å². The topological polar surface area (TPSA) is 83.0 Å². The Morgan fingerprint density at radius 1 is 0.917 bits per heavy atom. The molecule has 3 rings (SSSR count). The van der Waals surface area contributed by atoms with Gasteiger partial charge in [-0.15, -0.1) is 0 Å². The number of allylic oxidation sites excluding steroid dienone is 4. The number of fused-ring (bicyclic) bond motifs is 1. The molecule has 0 atom stereocenters. The van der Waals surface area contributed by atoms with Crippen LogP contribution in [0.2, 0.25) is 0 Å². The maximum Gasteiger partial charge on any atom is 0.127 e. The van der Waals surface area contributed by atoms with Gasteiger partial charge in [0.15, 0.2) is 0 Å². The van der Waals surface area contributed by atoms with Gasteiger partial charge in [0, 0.05) is 16.5 Å². The van der Waals surface area contributed by atoms with Crippen molar-refractivity contribution in [2.24, 2.45) is 5.92 Å². The normalized spacial score (nSPS) is 13.1. The molecule has 4 nitrogen and oxygen atoms in total. The number of benzene rings is 2. The zero-order chi connectivity index (χ0) is 17.5. The van der Waals surface area contributed by atoms with E-state index in [0.717, 1.165) is 28.8 Å². The van der Waals surface area contributed by atoms with Crippen molar-refractivity contribution in [3.63, 3.8) is 0 Å². The van der Waals surface area contributed by atoms with Crippen LogP contribution in [0, 0.1) is 16.7 Å². The Kier molecular flexibility index (Phi) is 5.90. The zero-order valence-electron chi connectivity index (χ0n) is 14.0. The number of hydrogen-bond donors (Lipinski definition) is 3. The molecule has 0 radical (unpaired) electrons. The summed E-state index contributed by atoms with van der Waals surface area (Å²) in [5.41, 5.74) is 7.29. The van der Waals surface area contributed by atoms with E-state index in [1.54, 1.807) is 24.3 Å². The predicted molar refractivity (Wildman–Crippen MR) is 102 cm³/mol. The van der Waals surface area contributed by atoms with Gasteiger partial charge in [0.25, 0.3) is 0 Å². The molecule has 1 aliphatic carbocycles. The molecule has 4 N–H and O–H groups in total. The van der Waals surface area contributed by atoms with Crippen LogP contribution in [0.15, 0.2) is 60.7 Å². The van der Waals surface area contributed by atoms with Gasteiger partial charge in [0.1, 0.15) is 5.75 Å². The molecule has 0 unspecified atom stereocenters. The van der Waals surface area contributed by atoms with E-state index in [-0.39, 0.29) is 11.4 Å². The number of nitrogens with two attached hydrogens (primary N) is 1. The molecule has 0 amide bonds. The number of anilines is 1. The second-order valence-electron chi connectivity index (χ2n) is 5.95. The van der Waals surface area contributed by atoms with Crippen LogP contribution in [0.1, 0.15) is 13.8 Å². The van der Waals surface area contributed by atoms with Crippen molar-refractivity contribution in [2.45, 2.75) is 13.8 Å². The lowest BCUT2D eigenvalue weighted by molar-refractivity contribution is 0.274. The van der Waals surface area contributed by atoms with Gasteiger partial charge in [0.05, 0.1) is 18.0 Å². The van der Waals surface area contributed by atoms with Gasteiger partial charge in [-0.25, -0.2) is 0 Å². The third-order valence-corrected chi connectivity index (χ3v) is 3.42. The van der Waals surface area contributed by atoms with E-state index in [1.165, 1.54) is 0 Å². The summed E-state index contributed by atoms with van der Waals surface area (Å²) in [5.74, 6) is 1.44. The van der Waals surface area contributed by atoms with Crippen molar-refractivity contribution >= 4 is 27.9 Å². The maximum atomic E-state index is 7.03. The summed E-state index contributed by atoms with van der Waals surface area (Å²) in [6, 6.07) is 11.9. The van der Waals surface area contributed by atoms with Crippen molar-refractivity contribution < 1.29 is 4.74 Å². The molecule has 0 saturated heterocycles. The van der Waals surface area contributed by atoms with Crippen molar-refractivity contribution in [3.05, 3.63) is 60.7 Å². The third kappa shape index (κ3) is 4.56. The first-order valence-corrected chi connectivity index (χ1v) is 7.91. The number of ether oxygens (including phenoxy) is 1. The lowest BCUT2D eigenvalue weighted by atomic mass is 10.1. The summed E-state index contributed by atoms with van der Waals surface area (Å²) in [5, 5.41) is 16.2. The van der Waals surface area contributed by atoms with Crippen LogP contribution in [0.4, 0.5) is 5.69 Å². The highest BCUT2D eigenvalue weighted by molar-refractivity contribution is 6.48. The molecule has 0 aliphatic heterocycles. The van der Waals surface area contributed by atoms with Gasteiger partial charge in [-0.1, -0.05) is 50.3 Å². The molecule has 124 valence electrons. The highest BCUT2D eigenvalue weighted by atomic mass is 16.5. The van der Waals surface area contributed by atoms with Crippen LogP contribution in [-0.4, -0.2) is 18.0 Å². The molecule has 4 heteroatoms. The second-order valence-corrected chi connectivity index (χ2v) is 5.95. The fraction of sp³-hybridized carbons (Fsp3) is 0.200. The summed E-state index contributed by atoms with van der Waals surface area (Å²) in [4.78, 5) is 0. The standard InChI is InChI=1S/C14H17NO.C6H6N2/c1-10(2)9-16-14-8-7-13(15)11-5-3-4-6-12(11)14;7-5-3-1-2-4-6(5)8/h3-8,10H,9,15H2,1-2H3;1-4,7-8H. The van der Waals surface area contributed by atoms with E-state index in [0.29, 0.717) is 5.92 Å². The van der Waals surface area contributed by atoms with Crippen LogP contribution in [0.3, 0.4) is 0 Å². The van der Waals surface area contributed by atoms with Gasteiger partial charge >= 0.3 is 0 Å². The first-order valence-electron chi connectivity index (χ1n) is 7.91. The van der Waals surface area contributed by atoms with Crippen LogP contribution < -0.4 is 10.5 Å². The average molecular weight is 321 g/mol. The summed E-state index contributed by atoms with van der Waals surface area (Å²) >= 11 is 0. The van der Waals surface area contributed by atoms with E-state index in [9.17, 15) is 0 Å². The number of nitrogen functional groups attached to an aromatic ring is 1. The quantitative estimate of drug-likeness (QED) is 0.570. The summed E-state index contributed by atoms with van der Waals surface area (Å²) in [6.07, 6.45) is 6.70. The Hall–Kier alpha value is -2.88. The van der Waals surface area contributed by atoms with Crippen LogP contribution in [0.25, 0.3) is 10.8 Å². The minimum Gasteiger partial charge on any atom is -0.493 e. The highest BCUT2D eigenvalue weighted by Crippen LogP contribution is 2.30. The lowest BCUT2D eigenvalue weighted by Gasteiger charge is -2.12. The van der Waals surface area contributed by atoms with Gasteiger partial charge in [-0.05, 0) is 30.2 Å². The Morgan fingerprint density at radius 2 is 1.50 bits per heavy atom. The Bertz CT molecular complexity index is 782. The molecule has 2 aromatic rings. The first kappa shape index (κ1) is 17.5. The molecular weight excluding hydrogens is 298 g/mol. The Morgan fingerprint density at radius 3 is 2.04 bits per heavy atom. The van der Waals surface area contributed by atoms with Crippen molar-refractivity contribution in [2.75, 3.05) is 12.3 Å². The van der Waals surface area contributed by atoms with Crippen molar-refractivity contribution in [1.29, 1.82) is 10.8 Å². The average Bonchev–Trinajstić information content (AvgIpc) is 2.58. The van der Waals surface area contributed by atoms with E-state index in [1.807, 2.05) is 36.4 Å². The molecule has 0 saturated carbocycles. The molecular formula is C20H23N3O. The minimum atomic E-state index is 0.285. The summed E-state index contributed by atoms with van der Waals surface area (Å²) < 4.78 is 5.78. The largest absolute Gasteiger partial charge is 0.493 e. The van der Waals surface area contributed by atoms with Gasteiger partial charge in [0.2, 0.25) is 0 Å². The Labute approximate surface area is 142 Å². The number of rotatable bonds is 3. The molecule has 0 bridgehead atoms. The summed E-state index contributed by atoms with van der Waals surface area (Å²) in [6.45, 7) is 5.01. The van der Waals surface area contributed by atoms with E-state index < -0.39 is 0 Å². The number of nitrogens with one attached hydrogen (secondary N) is 2. The highest BCUT2D eigenvalue weighted by Gasteiger charge is 2.05. The molecule has 0 aromatic heterocycles. The SMILES string of the molecule is CC(C)COc1ccc(N)c2ccccc12.N=C1C=CC=CC1=N. The van der Waals surface area contributed by atoms with E-state index in [4.69, 9.17) is 21.3 Å². The van der Waals surface area contributed by atoms with E-state index >= 15 is 0 Å². The predicted octanol–water partition coefficient (Wildman–Crippen LogP) is 4.61. The van der Waals surface area contributed by atoms with Crippen LogP contribution in [0.5, 0.6) is 5.75 Å². The molecule has 0 heterocycles. The van der Waals surface area contributed by atoms with E-state index in [2.05, 4.69) is 13.8 Å². The van der Waals surface area contributed by atoms with Crippen molar-refractivity contribution in [1.82, 2.24) is 0 Å². The Balaban J connectivity index is 0.000000219. The maximum absolute atomic E-state index is 7.03. The molecule has 1 aliphatic rings. The zero-order valence-corrected chi connectivity index (χ0v) is 14.0. The molecule has 24 heavy (non-hydrogen) atoms. The third-order valence-electron chi connectivity index (χ3n) is 3.42. The first-order chi connectivity index (χ1) is 11.5. The van der Waals surface area contributed by atoms with Crippen LogP contribution >= 0.6 is 0 Å². The minimum absolute atomic E-state index is 0.285. The monoisotopic (exact) mass is 321 g/mol. The molecule has 0 fully saturated rings. The fourth-order valence-corrected chi connectivity index (χ4v) is 2.16. The van der Waals surface area contributed by atoms with Gasteiger partial charge in [-0.3, -0.25) is 10.8 Å². The number of hydrogen-bond acceptors (Lipinski definition) is 4. The second kappa shape index (κ2) is 8.11. The smallest absolute Gasteiger partial charge is 0.127 e. The molecule has 2 aromatic carbocycles. The van der Waals surface area contributed by atoms with Gasteiger partial charge < -0.3 is 10.5 Å².